The number of carbonyl (C=O) groups is 1. The molecule has 0 saturated carbocycles. The van der Waals surface area contributed by atoms with Gasteiger partial charge in [0, 0.05) is 6.54 Å². The van der Waals surface area contributed by atoms with E-state index in [-0.39, 0.29) is 5.91 Å². The number of benzene rings is 2. The quantitative estimate of drug-likeness (QED) is 0.637. The summed E-state index contributed by atoms with van der Waals surface area (Å²) in [7, 11) is 0. The number of rotatable bonds is 7. The van der Waals surface area contributed by atoms with Crippen molar-refractivity contribution >= 4 is 17.5 Å². The van der Waals surface area contributed by atoms with Crippen LogP contribution in [0, 0.1) is 13.8 Å². The Bertz CT molecular complexity index is 964. The van der Waals surface area contributed by atoms with Gasteiger partial charge in [-0.3, -0.25) is 4.79 Å². The van der Waals surface area contributed by atoms with Gasteiger partial charge in [0.05, 0.1) is 24.4 Å². The van der Waals surface area contributed by atoms with Crippen LogP contribution in [-0.4, -0.2) is 22.3 Å². The van der Waals surface area contributed by atoms with E-state index in [2.05, 4.69) is 10.4 Å². The fourth-order valence-corrected chi connectivity index (χ4v) is 3.29. The van der Waals surface area contributed by atoms with E-state index in [0.29, 0.717) is 36.1 Å². The van der Waals surface area contributed by atoms with Gasteiger partial charge in [0.15, 0.2) is 0 Å². The van der Waals surface area contributed by atoms with Gasteiger partial charge in [-0.15, -0.1) is 0 Å². The Morgan fingerprint density at radius 3 is 2.61 bits per heavy atom. The summed E-state index contributed by atoms with van der Waals surface area (Å²) in [5.41, 5.74) is 4.25. The molecule has 0 radical (unpaired) electrons. The maximum atomic E-state index is 12.7. The Kier molecular flexibility index (Phi) is 6.37. The summed E-state index contributed by atoms with van der Waals surface area (Å²) in [6.45, 7) is 7.28. The zero-order chi connectivity index (χ0) is 20.1. The van der Waals surface area contributed by atoms with Crippen LogP contribution in [0.1, 0.15) is 39.7 Å². The number of hydrogen-bond donors (Lipinski definition) is 1. The summed E-state index contributed by atoms with van der Waals surface area (Å²) in [6.07, 6.45) is 0. The largest absolute Gasteiger partial charge is 0.494 e. The maximum Gasteiger partial charge on any atom is 0.256 e. The number of amides is 1. The summed E-state index contributed by atoms with van der Waals surface area (Å²) in [6, 6.07) is 15.8. The number of ether oxygens (including phenoxy) is 1. The highest BCUT2D eigenvalue weighted by Crippen LogP contribution is 2.21. The second-order valence-electron chi connectivity index (χ2n) is 6.66. The Morgan fingerprint density at radius 2 is 1.89 bits per heavy atom. The van der Waals surface area contributed by atoms with Gasteiger partial charge < -0.3 is 10.1 Å². The molecule has 0 aliphatic carbocycles. The van der Waals surface area contributed by atoms with Crippen molar-refractivity contribution in [3.8, 4) is 5.75 Å². The average molecular weight is 398 g/mol. The molecule has 146 valence electrons. The average Bonchev–Trinajstić information content (AvgIpc) is 2.95. The maximum absolute atomic E-state index is 12.7. The summed E-state index contributed by atoms with van der Waals surface area (Å²) in [5.74, 6) is 0.550. The van der Waals surface area contributed by atoms with Gasteiger partial charge >= 0.3 is 0 Å². The molecule has 5 nitrogen and oxygen atoms in total. The first-order valence-electron chi connectivity index (χ1n) is 9.26. The first-order chi connectivity index (χ1) is 13.5. The molecule has 0 aliphatic heterocycles. The smallest absolute Gasteiger partial charge is 0.256 e. The molecule has 0 spiro atoms. The molecule has 1 heterocycles. The lowest BCUT2D eigenvalue weighted by Gasteiger charge is -2.08. The van der Waals surface area contributed by atoms with Crippen LogP contribution < -0.4 is 10.1 Å². The van der Waals surface area contributed by atoms with Crippen LogP contribution in [0.25, 0.3) is 0 Å². The number of aryl methyl sites for hydroxylation is 2. The molecule has 0 aliphatic rings. The molecule has 3 rings (SSSR count). The molecular formula is C22H24ClN3O2. The van der Waals surface area contributed by atoms with Crippen LogP contribution in [0.2, 0.25) is 5.15 Å². The number of halogens is 1. The second kappa shape index (κ2) is 8.93. The lowest BCUT2D eigenvalue weighted by molar-refractivity contribution is 0.0950. The third-order valence-corrected chi connectivity index (χ3v) is 4.79. The molecular weight excluding hydrogens is 374 g/mol. The molecule has 0 fully saturated rings. The van der Waals surface area contributed by atoms with Crippen LogP contribution in [-0.2, 0) is 13.1 Å². The molecule has 0 atom stereocenters. The van der Waals surface area contributed by atoms with Crippen LogP contribution >= 0.6 is 11.6 Å². The van der Waals surface area contributed by atoms with E-state index in [1.165, 1.54) is 5.56 Å². The van der Waals surface area contributed by atoms with E-state index in [9.17, 15) is 4.79 Å². The van der Waals surface area contributed by atoms with Gasteiger partial charge in [0.25, 0.3) is 5.91 Å². The number of hydrogen-bond acceptors (Lipinski definition) is 3. The van der Waals surface area contributed by atoms with Gasteiger partial charge in [-0.05, 0) is 44.0 Å². The monoisotopic (exact) mass is 397 g/mol. The molecule has 0 bridgehead atoms. The first kappa shape index (κ1) is 20.0. The Hall–Kier alpha value is -2.79. The standard InChI is InChI=1S/C22H24ClN3O2/c1-4-28-19-7-5-6-18(12-19)13-24-22(27)20-16(3)25-26(21(20)23)14-17-10-8-15(2)9-11-17/h5-12H,4,13-14H2,1-3H3,(H,24,27). The molecule has 6 heteroatoms. The number of carbonyl (C=O) groups excluding carboxylic acids is 1. The van der Waals surface area contributed by atoms with E-state index in [1.807, 2.05) is 62.4 Å². The SMILES string of the molecule is CCOc1cccc(CNC(=O)c2c(C)nn(Cc3ccc(C)cc3)c2Cl)c1. The van der Waals surface area contributed by atoms with Crippen molar-refractivity contribution in [2.24, 2.45) is 0 Å². The van der Waals surface area contributed by atoms with E-state index in [1.54, 1.807) is 11.6 Å². The normalized spacial score (nSPS) is 10.7. The zero-order valence-electron chi connectivity index (χ0n) is 16.3. The molecule has 28 heavy (non-hydrogen) atoms. The summed E-state index contributed by atoms with van der Waals surface area (Å²) in [4.78, 5) is 12.7. The van der Waals surface area contributed by atoms with Crippen LogP contribution in [0.5, 0.6) is 5.75 Å². The molecule has 0 unspecified atom stereocenters. The van der Waals surface area contributed by atoms with Crippen molar-refractivity contribution in [3.63, 3.8) is 0 Å². The van der Waals surface area contributed by atoms with E-state index < -0.39 is 0 Å². The Morgan fingerprint density at radius 1 is 1.14 bits per heavy atom. The molecule has 3 aromatic rings. The zero-order valence-corrected chi connectivity index (χ0v) is 17.1. The Balaban J connectivity index is 1.70. The predicted octanol–water partition coefficient (Wildman–Crippen LogP) is 4.53. The topological polar surface area (TPSA) is 56.1 Å². The van der Waals surface area contributed by atoms with Crippen molar-refractivity contribution < 1.29 is 9.53 Å². The van der Waals surface area contributed by atoms with Crippen molar-refractivity contribution in [2.75, 3.05) is 6.61 Å². The minimum atomic E-state index is -0.237. The van der Waals surface area contributed by atoms with Gasteiger partial charge in [-0.2, -0.15) is 5.10 Å². The molecule has 2 aromatic carbocycles. The van der Waals surface area contributed by atoms with Crippen molar-refractivity contribution in [2.45, 2.75) is 33.9 Å². The Labute approximate surface area is 170 Å². The van der Waals surface area contributed by atoms with E-state index >= 15 is 0 Å². The predicted molar refractivity (Wildman–Crippen MR) is 111 cm³/mol. The van der Waals surface area contributed by atoms with Crippen LogP contribution in [0.3, 0.4) is 0 Å². The summed E-state index contributed by atoms with van der Waals surface area (Å²) >= 11 is 6.47. The van der Waals surface area contributed by atoms with Gasteiger partial charge in [0.2, 0.25) is 0 Å². The molecule has 0 saturated heterocycles. The number of aromatic nitrogens is 2. The highest BCUT2D eigenvalue weighted by Gasteiger charge is 2.20. The van der Waals surface area contributed by atoms with Gasteiger partial charge in [-0.25, -0.2) is 4.68 Å². The van der Waals surface area contributed by atoms with Gasteiger partial charge in [-0.1, -0.05) is 53.6 Å². The fourth-order valence-electron chi connectivity index (χ4n) is 2.97. The third kappa shape index (κ3) is 4.73. The second-order valence-corrected chi connectivity index (χ2v) is 7.02. The summed E-state index contributed by atoms with van der Waals surface area (Å²) < 4.78 is 7.16. The molecule has 1 aromatic heterocycles. The molecule has 1 N–H and O–H groups in total. The van der Waals surface area contributed by atoms with Crippen molar-refractivity contribution in [1.82, 2.24) is 15.1 Å². The number of nitrogens with one attached hydrogen (secondary N) is 1. The number of nitrogens with zero attached hydrogens (tertiary/aromatic N) is 2. The highest BCUT2D eigenvalue weighted by molar-refractivity contribution is 6.33. The highest BCUT2D eigenvalue weighted by atomic mass is 35.5. The molecule has 1 amide bonds. The fraction of sp³-hybridized carbons (Fsp3) is 0.273. The lowest BCUT2D eigenvalue weighted by atomic mass is 10.1. The van der Waals surface area contributed by atoms with E-state index in [0.717, 1.165) is 16.9 Å². The minimum Gasteiger partial charge on any atom is -0.494 e. The van der Waals surface area contributed by atoms with Crippen molar-refractivity contribution in [1.29, 1.82) is 0 Å². The van der Waals surface area contributed by atoms with E-state index in [4.69, 9.17) is 16.3 Å². The van der Waals surface area contributed by atoms with Crippen molar-refractivity contribution in [3.05, 3.63) is 81.6 Å². The van der Waals surface area contributed by atoms with Crippen LogP contribution in [0.15, 0.2) is 48.5 Å². The third-order valence-electron chi connectivity index (χ3n) is 4.41. The minimum absolute atomic E-state index is 0.237. The van der Waals surface area contributed by atoms with Crippen LogP contribution in [0.4, 0.5) is 0 Å². The van der Waals surface area contributed by atoms with Gasteiger partial charge in [0.1, 0.15) is 10.9 Å². The first-order valence-corrected chi connectivity index (χ1v) is 9.64. The summed E-state index contributed by atoms with van der Waals surface area (Å²) in [5, 5.41) is 7.71. The lowest BCUT2D eigenvalue weighted by Crippen LogP contribution is -2.23.